The Hall–Kier alpha value is -1.58. The SMILES string of the molecule is Cc1cc(NCC2CCC(=O)N2)ccc1F. The number of hydrogen-bond donors (Lipinski definition) is 2. The molecule has 1 aliphatic heterocycles. The topological polar surface area (TPSA) is 41.1 Å². The van der Waals surface area contributed by atoms with E-state index in [0.29, 0.717) is 18.5 Å². The highest BCUT2D eigenvalue weighted by Gasteiger charge is 2.19. The molecule has 2 N–H and O–H groups in total. The van der Waals surface area contributed by atoms with Gasteiger partial charge in [0.1, 0.15) is 5.82 Å². The zero-order valence-corrected chi connectivity index (χ0v) is 9.22. The summed E-state index contributed by atoms with van der Waals surface area (Å²) >= 11 is 0. The summed E-state index contributed by atoms with van der Waals surface area (Å²) in [7, 11) is 0. The molecule has 0 aliphatic carbocycles. The van der Waals surface area contributed by atoms with E-state index in [0.717, 1.165) is 12.1 Å². The lowest BCUT2D eigenvalue weighted by Crippen LogP contribution is -2.31. The van der Waals surface area contributed by atoms with Crippen LogP contribution in [0.25, 0.3) is 0 Å². The first kappa shape index (κ1) is 10.9. The number of rotatable bonds is 3. The van der Waals surface area contributed by atoms with Crippen LogP contribution in [0.3, 0.4) is 0 Å². The van der Waals surface area contributed by atoms with Crippen LogP contribution in [0.1, 0.15) is 18.4 Å². The number of benzene rings is 1. The molecule has 1 heterocycles. The van der Waals surface area contributed by atoms with E-state index < -0.39 is 0 Å². The van der Waals surface area contributed by atoms with Crippen molar-refractivity contribution in [3.8, 4) is 0 Å². The molecule has 16 heavy (non-hydrogen) atoms. The fourth-order valence-electron chi connectivity index (χ4n) is 1.83. The number of aryl methyl sites for hydroxylation is 1. The molecule has 1 aromatic rings. The summed E-state index contributed by atoms with van der Waals surface area (Å²) in [4.78, 5) is 11.0. The summed E-state index contributed by atoms with van der Waals surface area (Å²) in [5.74, 6) is -0.0817. The smallest absolute Gasteiger partial charge is 0.220 e. The van der Waals surface area contributed by atoms with E-state index >= 15 is 0 Å². The van der Waals surface area contributed by atoms with Crippen molar-refractivity contribution in [3.63, 3.8) is 0 Å². The summed E-state index contributed by atoms with van der Waals surface area (Å²) in [6.45, 7) is 2.43. The van der Waals surface area contributed by atoms with E-state index in [9.17, 15) is 9.18 Å². The van der Waals surface area contributed by atoms with Crippen molar-refractivity contribution in [2.24, 2.45) is 0 Å². The maximum absolute atomic E-state index is 13.0. The van der Waals surface area contributed by atoms with E-state index in [-0.39, 0.29) is 17.8 Å². The first-order chi connectivity index (χ1) is 7.65. The first-order valence-electron chi connectivity index (χ1n) is 5.44. The largest absolute Gasteiger partial charge is 0.383 e. The zero-order valence-electron chi connectivity index (χ0n) is 9.22. The van der Waals surface area contributed by atoms with E-state index in [4.69, 9.17) is 0 Å². The molecule has 1 fully saturated rings. The van der Waals surface area contributed by atoms with Gasteiger partial charge in [0, 0.05) is 24.7 Å². The van der Waals surface area contributed by atoms with Crippen molar-refractivity contribution in [3.05, 3.63) is 29.6 Å². The van der Waals surface area contributed by atoms with Gasteiger partial charge in [-0.05, 0) is 37.1 Å². The highest BCUT2D eigenvalue weighted by molar-refractivity contribution is 5.78. The van der Waals surface area contributed by atoms with Crippen LogP contribution in [0, 0.1) is 12.7 Å². The molecule has 1 atom stereocenters. The number of nitrogens with one attached hydrogen (secondary N) is 2. The Bertz CT molecular complexity index is 406. The number of amides is 1. The summed E-state index contributed by atoms with van der Waals surface area (Å²) in [6, 6.07) is 5.12. The van der Waals surface area contributed by atoms with Crippen LogP contribution in [0.4, 0.5) is 10.1 Å². The van der Waals surface area contributed by atoms with Gasteiger partial charge in [0.15, 0.2) is 0 Å². The van der Waals surface area contributed by atoms with Crippen LogP contribution in [-0.2, 0) is 4.79 Å². The van der Waals surface area contributed by atoms with E-state index in [1.165, 1.54) is 6.07 Å². The minimum Gasteiger partial charge on any atom is -0.383 e. The third-order valence-corrected chi connectivity index (χ3v) is 2.80. The number of carbonyl (C=O) groups excluding carboxylic acids is 1. The number of carbonyl (C=O) groups is 1. The second kappa shape index (κ2) is 4.51. The molecule has 1 aliphatic rings. The van der Waals surface area contributed by atoms with E-state index in [1.54, 1.807) is 19.1 Å². The molecule has 0 bridgehead atoms. The van der Waals surface area contributed by atoms with Crippen molar-refractivity contribution < 1.29 is 9.18 Å². The van der Waals surface area contributed by atoms with Crippen LogP contribution < -0.4 is 10.6 Å². The molecule has 0 aromatic heterocycles. The zero-order chi connectivity index (χ0) is 11.5. The van der Waals surface area contributed by atoms with Crippen molar-refractivity contribution in [1.82, 2.24) is 5.32 Å². The Balaban J connectivity index is 1.89. The monoisotopic (exact) mass is 222 g/mol. The average Bonchev–Trinajstić information content (AvgIpc) is 2.66. The fourth-order valence-corrected chi connectivity index (χ4v) is 1.83. The van der Waals surface area contributed by atoms with Gasteiger partial charge in [-0.15, -0.1) is 0 Å². The highest BCUT2D eigenvalue weighted by Crippen LogP contribution is 2.14. The van der Waals surface area contributed by atoms with Crippen LogP contribution >= 0.6 is 0 Å². The van der Waals surface area contributed by atoms with Crippen molar-refractivity contribution >= 4 is 11.6 Å². The summed E-state index contributed by atoms with van der Waals surface area (Å²) in [5.41, 5.74) is 1.51. The van der Waals surface area contributed by atoms with Crippen molar-refractivity contribution in [2.75, 3.05) is 11.9 Å². The minimum absolute atomic E-state index is 0.113. The van der Waals surface area contributed by atoms with Gasteiger partial charge >= 0.3 is 0 Å². The molecular weight excluding hydrogens is 207 g/mol. The summed E-state index contributed by atoms with van der Waals surface area (Å²) < 4.78 is 13.0. The summed E-state index contributed by atoms with van der Waals surface area (Å²) in [5, 5.41) is 6.07. The van der Waals surface area contributed by atoms with Crippen molar-refractivity contribution in [2.45, 2.75) is 25.8 Å². The molecular formula is C12H15FN2O. The Morgan fingerprint density at radius 2 is 2.38 bits per heavy atom. The molecule has 1 unspecified atom stereocenters. The Morgan fingerprint density at radius 1 is 1.56 bits per heavy atom. The van der Waals surface area contributed by atoms with Gasteiger partial charge in [-0.1, -0.05) is 0 Å². The van der Waals surface area contributed by atoms with E-state index in [1.807, 2.05) is 0 Å². The van der Waals surface area contributed by atoms with Crippen LogP contribution in [0.15, 0.2) is 18.2 Å². The predicted octanol–water partition coefficient (Wildman–Crippen LogP) is 1.82. The molecule has 0 saturated carbocycles. The number of anilines is 1. The first-order valence-corrected chi connectivity index (χ1v) is 5.44. The standard InChI is InChI=1S/C12H15FN2O/c1-8-6-9(2-4-11(8)13)14-7-10-3-5-12(16)15-10/h2,4,6,10,14H,3,5,7H2,1H3,(H,15,16). The quantitative estimate of drug-likeness (QED) is 0.819. The Kier molecular flexibility index (Phi) is 3.08. The molecule has 2 rings (SSSR count). The lowest BCUT2D eigenvalue weighted by molar-refractivity contribution is -0.119. The number of hydrogen-bond acceptors (Lipinski definition) is 2. The average molecular weight is 222 g/mol. The molecule has 1 aromatic carbocycles. The van der Waals surface area contributed by atoms with Gasteiger partial charge in [-0.3, -0.25) is 4.79 Å². The second-order valence-electron chi connectivity index (χ2n) is 4.15. The molecule has 3 nitrogen and oxygen atoms in total. The number of halogens is 1. The lowest BCUT2D eigenvalue weighted by atomic mass is 10.2. The molecule has 1 saturated heterocycles. The van der Waals surface area contributed by atoms with Gasteiger partial charge in [0.25, 0.3) is 0 Å². The lowest BCUT2D eigenvalue weighted by Gasteiger charge is -2.12. The van der Waals surface area contributed by atoms with Crippen LogP contribution in [0.2, 0.25) is 0 Å². The van der Waals surface area contributed by atoms with Gasteiger partial charge in [-0.25, -0.2) is 4.39 Å². The highest BCUT2D eigenvalue weighted by atomic mass is 19.1. The fraction of sp³-hybridized carbons (Fsp3) is 0.417. The summed E-state index contributed by atoms with van der Waals surface area (Å²) in [6.07, 6.45) is 1.47. The maximum atomic E-state index is 13.0. The van der Waals surface area contributed by atoms with Crippen LogP contribution in [0.5, 0.6) is 0 Å². The second-order valence-corrected chi connectivity index (χ2v) is 4.15. The third-order valence-electron chi connectivity index (χ3n) is 2.80. The van der Waals surface area contributed by atoms with Crippen molar-refractivity contribution in [1.29, 1.82) is 0 Å². The third kappa shape index (κ3) is 2.51. The molecule has 1 amide bonds. The van der Waals surface area contributed by atoms with Crippen LogP contribution in [-0.4, -0.2) is 18.5 Å². The van der Waals surface area contributed by atoms with Gasteiger partial charge < -0.3 is 10.6 Å². The molecule has 0 spiro atoms. The normalized spacial score (nSPS) is 19.6. The van der Waals surface area contributed by atoms with E-state index in [2.05, 4.69) is 10.6 Å². The minimum atomic E-state index is -0.195. The molecule has 4 heteroatoms. The predicted molar refractivity (Wildman–Crippen MR) is 60.8 cm³/mol. The van der Waals surface area contributed by atoms with Gasteiger partial charge in [0.05, 0.1) is 0 Å². The molecule has 0 radical (unpaired) electrons. The van der Waals surface area contributed by atoms with Gasteiger partial charge in [-0.2, -0.15) is 0 Å². The van der Waals surface area contributed by atoms with Gasteiger partial charge in [0.2, 0.25) is 5.91 Å². The Labute approximate surface area is 94.0 Å². The Morgan fingerprint density at radius 3 is 3.00 bits per heavy atom. The maximum Gasteiger partial charge on any atom is 0.220 e. The molecule has 86 valence electrons.